The van der Waals surface area contributed by atoms with Gasteiger partial charge in [-0.25, -0.2) is 4.39 Å². The fourth-order valence-corrected chi connectivity index (χ4v) is 1.86. The van der Waals surface area contributed by atoms with Crippen molar-refractivity contribution in [2.75, 3.05) is 10.6 Å². The van der Waals surface area contributed by atoms with Gasteiger partial charge in [-0.15, -0.1) is 0 Å². The molecular weight excluding hydrogens is 288 g/mol. The normalized spacial score (nSPS) is 12.9. The van der Waals surface area contributed by atoms with Gasteiger partial charge in [-0.3, -0.25) is 4.79 Å². The largest absolute Gasteiger partial charge is 0.389 e. The quantitative estimate of drug-likeness (QED) is 0.769. The number of anilines is 2. The molecular formula is C14H18F4N2O. The van der Waals surface area contributed by atoms with Crippen LogP contribution in [0.4, 0.5) is 28.9 Å². The van der Waals surface area contributed by atoms with Crippen molar-refractivity contribution in [2.24, 2.45) is 0 Å². The molecule has 0 spiro atoms. The van der Waals surface area contributed by atoms with Gasteiger partial charge in [-0.2, -0.15) is 13.2 Å². The number of carbonyl (C=O) groups is 1. The summed E-state index contributed by atoms with van der Waals surface area (Å²) in [6, 6.07) is 3.71. The lowest BCUT2D eigenvalue weighted by atomic mass is 10.1. The molecule has 1 atom stereocenters. The summed E-state index contributed by atoms with van der Waals surface area (Å²) >= 11 is 0. The molecule has 1 aromatic rings. The van der Waals surface area contributed by atoms with E-state index >= 15 is 0 Å². The smallest absolute Gasteiger partial charge is 0.380 e. The molecule has 7 heteroatoms. The molecule has 0 aromatic heterocycles. The Morgan fingerprint density at radius 3 is 2.57 bits per heavy atom. The standard InChI is InChI=1S/C14H18F4N2O/c1-9(4-3-7-14(16,17)18)19-13-8-11(20-10(2)21)5-6-12(13)15/h5-6,8-9,19H,3-4,7H2,1-2H3,(H,20,21). The van der Waals surface area contributed by atoms with Crippen LogP contribution in [0.15, 0.2) is 18.2 Å². The molecule has 0 fully saturated rings. The van der Waals surface area contributed by atoms with Gasteiger partial charge in [-0.05, 0) is 38.0 Å². The molecule has 1 amide bonds. The van der Waals surface area contributed by atoms with E-state index in [4.69, 9.17) is 0 Å². The van der Waals surface area contributed by atoms with E-state index in [9.17, 15) is 22.4 Å². The number of benzene rings is 1. The Labute approximate surface area is 120 Å². The molecule has 1 rings (SSSR count). The van der Waals surface area contributed by atoms with Crippen LogP contribution in [0, 0.1) is 5.82 Å². The summed E-state index contributed by atoms with van der Waals surface area (Å²) in [5, 5.41) is 5.33. The van der Waals surface area contributed by atoms with Crippen LogP contribution in [0.3, 0.4) is 0 Å². The number of amides is 1. The molecule has 0 radical (unpaired) electrons. The average molecular weight is 306 g/mol. The number of carbonyl (C=O) groups excluding carboxylic acids is 1. The zero-order chi connectivity index (χ0) is 16.0. The van der Waals surface area contributed by atoms with Crippen LogP contribution >= 0.6 is 0 Å². The third kappa shape index (κ3) is 6.97. The second-order valence-electron chi connectivity index (χ2n) is 4.93. The molecule has 0 saturated carbocycles. The van der Waals surface area contributed by atoms with E-state index in [0.29, 0.717) is 5.69 Å². The molecule has 118 valence electrons. The van der Waals surface area contributed by atoms with Gasteiger partial charge in [-0.1, -0.05) is 0 Å². The van der Waals surface area contributed by atoms with Crippen molar-refractivity contribution in [2.45, 2.75) is 45.3 Å². The summed E-state index contributed by atoms with van der Waals surface area (Å²) in [4.78, 5) is 10.9. The highest BCUT2D eigenvalue weighted by molar-refractivity contribution is 5.89. The van der Waals surface area contributed by atoms with Gasteiger partial charge in [0.1, 0.15) is 5.82 Å². The Balaban J connectivity index is 2.58. The maximum atomic E-state index is 13.6. The van der Waals surface area contributed by atoms with Gasteiger partial charge in [0.15, 0.2) is 0 Å². The zero-order valence-corrected chi connectivity index (χ0v) is 11.9. The lowest BCUT2D eigenvalue weighted by Gasteiger charge is -2.17. The van der Waals surface area contributed by atoms with E-state index in [1.165, 1.54) is 25.1 Å². The number of hydrogen-bond donors (Lipinski definition) is 2. The topological polar surface area (TPSA) is 41.1 Å². The summed E-state index contributed by atoms with van der Waals surface area (Å²) < 4.78 is 49.8. The zero-order valence-electron chi connectivity index (χ0n) is 11.9. The number of halogens is 4. The highest BCUT2D eigenvalue weighted by atomic mass is 19.4. The highest BCUT2D eigenvalue weighted by Crippen LogP contribution is 2.24. The van der Waals surface area contributed by atoms with Crippen LogP contribution in [-0.4, -0.2) is 18.1 Å². The lowest BCUT2D eigenvalue weighted by molar-refractivity contribution is -0.135. The Hall–Kier alpha value is -1.79. The molecule has 2 N–H and O–H groups in total. The van der Waals surface area contributed by atoms with E-state index < -0.39 is 18.4 Å². The van der Waals surface area contributed by atoms with Crippen molar-refractivity contribution in [1.82, 2.24) is 0 Å². The first-order valence-corrected chi connectivity index (χ1v) is 6.58. The third-order valence-corrected chi connectivity index (χ3v) is 2.79. The minimum absolute atomic E-state index is 0.0231. The number of alkyl halides is 3. The summed E-state index contributed by atoms with van der Waals surface area (Å²) in [5.74, 6) is -0.808. The molecule has 1 unspecified atom stereocenters. The van der Waals surface area contributed by atoms with Crippen molar-refractivity contribution in [3.63, 3.8) is 0 Å². The molecule has 0 aliphatic heterocycles. The number of rotatable bonds is 6. The SMILES string of the molecule is CC(=O)Nc1ccc(F)c(NC(C)CCCC(F)(F)F)c1. The van der Waals surface area contributed by atoms with Crippen LogP contribution in [-0.2, 0) is 4.79 Å². The minimum Gasteiger partial charge on any atom is -0.380 e. The van der Waals surface area contributed by atoms with Crippen LogP contribution in [0.1, 0.15) is 33.1 Å². The maximum Gasteiger partial charge on any atom is 0.389 e. The molecule has 1 aromatic carbocycles. The molecule has 21 heavy (non-hydrogen) atoms. The first-order valence-electron chi connectivity index (χ1n) is 6.58. The fourth-order valence-electron chi connectivity index (χ4n) is 1.86. The van der Waals surface area contributed by atoms with Crippen LogP contribution in [0.5, 0.6) is 0 Å². The predicted molar refractivity (Wildman–Crippen MR) is 73.7 cm³/mol. The predicted octanol–water partition coefficient (Wildman–Crippen LogP) is 4.32. The van der Waals surface area contributed by atoms with Crippen molar-refractivity contribution >= 4 is 17.3 Å². The third-order valence-electron chi connectivity index (χ3n) is 2.79. The molecule has 0 aliphatic rings. The Morgan fingerprint density at radius 1 is 1.33 bits per heavy atom. The maximum absolute atomic E-state index is 13.6. The van der Waals surface area contributed by atoms with Gasteiger partial charge < -0.3 is 10.6 Å². The number of nitrogens with one attached hydrogen (secondary N) is 2. The van der Waals surface area contributed by atoms with E-state index in [-0.39, 0.29) is 30.5 Å². The average Bonchev–Trinajstić information content (AvgIpc) is 2.31. The second-order valence-corrected chi connectivity index (χ2v) is 4.93. The fraction of sp³-hybridized carbons (Fsp3) is 0.500. The Kier molecular flexibility index (Phi) is 5.99. The molecule has 0 aliphatic carbocycles. The van der Waals surface area contributed by atoms with Gasteiger partial charge in [0.2, 0.25) is 5.91 Å². The van der Waals surface area contributed by atoms with E-state index in [1.807, 2.05) is 0 Å². The summed E-state index contributed by atoms with van der Waals surface area (Å²) in [6.07, 6.45) is -4.78. The van der Waals surface area contributed by atoms with E-state index in [1.54, 1.807) is 6.92 Å². The minimum atomic E-state index is -4.17. The van der Waals surface area contributed by atoms with Gasteiger partial charge in [0.25, 0.3) is 0 Å². The molecule has 0 bridgehead atoms. The first-order chi connectivity index (χ1) is 9.67. The van der Waals surface area contributed by atoms with Gasteiger partial charge in [0.05, 0.1) is 5.69 Å². The summed E-state index contributed by atoms with van der Waals surface area (Å²) in [5.41, 5.74) is 0.578. The van der Waals surface area contributed by atoms with Crippen molar-refractivity contribution < 1.29 is 22.4 Å². The Bertz CT molecular complexity index is 488. The molecule has 0 heterocycles. The van der Waals surface area contributed by atoms with Crippen molar-refractivity contribution in [3.05, 3.63) is 24.0 Å². The summed E-state index contributed by atoms with van der Waals surface area (Å²) in [7, 11) is 0. The molecule has 0 saturated heterocycles. The summed E-state index contributed by atoms with van der Waals surface area (Å²) in [6.45, 7) is 3.01. The van der Waals surface area contributed by atoms with Crippen LogP contribution in [0.2, 0.25) is 0 Å². The first kappa shape index (κ1) is 17.3. The number of hydrogen-bond acceptors (Lipinski definition) is 2. The van der Waals surface area contributed by atoms with Gasteiger partial charge >= 0.3 is 6.18 Å². The Morgan fingerprint density at radius 2 is 2.00 bits per heavy atom. The van der Waals surface area contributed by atoms with Gasteiger partial charge in [0, 0.05) is 25.1 Å². The van der Waals surface area contributed by atoms with Crippen molar-refractivity contribution in [1.29, 1.82) is 0 Å². The lowest BCUT2D eigenvalue weighted by Crippen LogP contribution is -2.18. The van der Waals surface area contributed by atoms with E-state index in [2.05, 4.69) is 10.6 Å². The highest BCUT2D eigenvalue weighted by Gasteiger charge is 2.26. The monoisotopic (exact) mass is 306 g/mol. The van der Waals surface area contributed by atoms with Crippen LogP contribution in [0.25, 0.3) is 0 Å². The molecule has 3 nitrogen and oxygen atoms in total. The van der Waals surface area contributed by atoms with E-state index in [0.717, 1.165) is 0 Å². The van der Waals surface area contributed by atoms with Crippen LogP contribution < -0.4 is 10.6 Å². The van der Waals surface area contributed by atoms with Crippen molar-refractivity contribution in [3.8, 4) is 0 Å². The second kappa shape index (κ2) is 7.28.